The van der Waals surface area contributed by atoms with Crippen LogP contribution in [0.4, 0.5) is 10.1 Å². The van der Waals surface area contributed by atoms with Gasteiger partial charge >= 0.3 is 0 Å². The number of dihydropyridines is 1. The van der Waals surface area contributed by atoms with Gasteiger partial charge in [-0.25, -0.2) is 4.39 Å². The first-order chi connectivity index (χ1) is 15.4. The highest BCUT2D eigenvalue weighted by Crippen LogP contribution is 2.46. The summed E-state index contributed by atoms with van der Waals surface area (Å²) in [5.41, 5.74) is 3.42. The maximum atomic E-state index is 13.7. The summed E-state index contributed by atoms with van der Waals surface area (Å²) in [4.78, 5) is 26.5. The highest BCUT2D eigenvalue weighted by atomic mass is 19.1. The number of carbonyl (C=O) groups excluding carboxylic acids is 2. The van der Waals surface area contributed by atoms with E-state index >= 15 is 0 Å². The van der Waals surface area contributed by atoms with Gasteiger partial charge in [0.25, 0.3) is 5.91 Å². The number of methoxy groups -OCH3 is 2. The number of ether oxygens (including phenoxy) is 2. The Labute approximate surface area is 186 Å². The lowest BCUT2D eigenvalue weighted by Crippen LogP contribution is -2.35. The summed E-state index contributed by atoms with van der Waals surface area (Å²) in [7, 11) is 3.11. The van der Waals surface area contributed by atoms with Crippen LogP contribution in [0.2, 0.25) is 0 Å². The minimum absolute atomic E-state index is 0.00261. The normalized spacial score (nSPS) is 18.1. The van der Waals surface area contributed by atoms with Gasteiger partial charge in [0.1, 0.15) is 17.3 Å². The molecule has 0 saturated heterocycles. The number of hydrogen-bond donors (Lipinski definition) is 2. The molecule has 2 N–H and O–H groups in total. The van der Waals surface area contributed by atoms with Crippen LogP contribution in [0.25, 0.3) is 0 Å². The molecule has 1 heterocycles. The zero-order valence-electron chi connectivity index (χ0n) is 18.3. The number of halogens is 1. The number of benzene rings is 2. The lowest BCUT2D eigenvalue weighted by Gasteiger charge is -2.35. The molecule has 0 bridgehead atoms. The average Bonchev–Trinajstić information content (AvgIpc) is 2.77. The summed E-state index contributed by atoms with van der Waals surface area (Å²) in [5, 5.41) is 6.05. The molecule has 4 rings (SSSR count). The molecule has 0 aromatic heterocycles. The SMILES string of the molecule is COc1ccc(OC)c([C@H]2C(C(=O)Nc3cccc(F)c3)=C(C)NC3=C2C(=O)CCC3)c1. The van der Waals surface area contributed by atoms with Crippen molar-refractivity contribution >= 4 is 17.4 Å². The number of anilines is 1. The third-order valence-electron chi connectivity index (χ3n) is 5.85. The van der Waals surface area contributed by atoms with E-state index in [1.807, 2.05) is 6.92 Å². The second-order valence-corrected chi connectivity index (χ2v) is 7.84. The lowest BCUT2D eigenvalue weighted by atomic mass is 9.74. The molecule has 6 nitrogen and oxygen atoms in total. The molecule has 2 aliphatic rings. The summed E-state index contributed by atoms with van der Waals surface area (Å²) >= 11 is 0. The van der Waals surface area contributed by atoms with Gasteiger partial charge in [-0.3, -0.25) is 9.59 Å². The van der Waals surface area contributed by atoms with Crippen LogP contribution in [-0.2, 0) is 9.59 Å². The molecule has 1 aliphatic heterocycles. The molecule has 1 amide bonds. The Morgan fingerprint density at radius 3 is 2.66 bits per heavy atom. The molecule has 2 aromatic carbocycles. The van der Waals surface area contributed by atoms with Gasteiger partial charge in [-0.2, -0.15) is 0 Å². The maximum Gasteiger partial charge on any atom is 0.254 e. The topological polar surface area (TPSA) is 76.7 Å². The third-order valence-corrected chi connectivity index (χ3v) is 5.85. The van der Waals surface area contributed by atoms with Crippen LogP contribution in [0.1, 0.15) is 37.7 Å². The molecule has 166 valence electrons. The molecule has 1 aliphatic carbocycles. The molecule has 7 heteroatoms. The fourth-order valence-corrected chi connectivity index (χ4v) is 4.42. The summed E-state index contributed by atoms with van der Waals surface area (Å²) in [6.45, 7) is 1.81. The predicted octanol–water partition coefficient (Wildman–Crippen LogP) is 4.45. The molecule has 1 atom stereocenters. The number of amides is 1. The monoisotopic (exact) mass is 436 g/mol. The van der Waals surface area contributed by atoms with Gasteiger partial charge in [0.2, 0.25) is 0 Å². The van der Waals surface area contributed by atoms with E-state index in [4.69, 9.17) is 9.47 Å². The molecule has 0 radical (unpaired) electrons. The molecule has 0 saturated carbocycles. The van der Waals surface area contributed by atoms with Crippen molar-refractivity contribution in [3.05, 3.63) is 76.4 Å². The lowest BCUT2D eigenvalue weighted by molar-refractivity contribution is -0.116. The van der Waals surface area contributed by atoms with Gasteiger partial charge in [0.05, 0.1) is 20.1 Å². The summed E-state index contributed by atoms with van der Waals surface area (Å²) in [6, 6.07) is 11.0. The Balaban J connectivity index is 1.86. The first-order valence-corrected chi connectivity index (χ1v) is 10.5. The van der Waals surface area contributed by atoms with E-state index in [1.165, 1.54) is 18.2 Å². The Bertz CT molecular complexity index is 1150. The second kappa shape index (κ2) is 8.86. The first kappa shape index (κ1) is 21.6. The molecule has 0 fully saturated rings. The highest BCUT2D eigenvalue weighted by Gasteiger charge is 2.40. The van der Waals surface area contributed by atoms with Crippen molar-refractivity contribution in [3.63, 3.8) is 0 Å². The Morgan fingerprint density at radius 1 is 1.12 bits per heavy atom. The van der Waals surface area contributed by atoms with E-state index in [-0.39, 0.29) is 5.78 Å². The summed E-state index contributed by atoms with van der Waals surface area (Å²) < 4.78 is 24.7. The number of carbonyl (C=O) groups is 2. The molecule has 32 heavy (non-hydrogen) atoms. The van der Waals surface area contributed by atoms with Crippen LogP contribution in [0, 0.1) is 5.82 Å². The number of hydrogen-bond acceptors (Lipinski definition) is 5. The quantitative estimate of drug-likeness (QED) is 0.724. The first-order valence-electron chi connectivity index (χ1n) is 10.5. The Kier molecular flexibility index (Phi) is 5.99. The average molecular weight is 436 g/mol. The van der Waals surface area contributed by atoms with Crippen LogP contribution in [0.3, 0.4) is 0 Å². The number of ketones is 1. The minimum Gasteiger partial charge on any atom is -0.497 e. The third kappa shape index (κ3) is 3.98. The van der Waals surface area contributed by atoms with E-state index < -0.39 is 17.6 Å². The fraction of sp³-hybridized carbons (Fsp3) is 0.280. The largest absolute Gasteiger partial charge is 0.497 e. The maximum absolute atomic E-state index is 13.7. The van der Waals surface area contributed by atoms with E-state index in [0.29, 0.717) is 46.0 Å². The number of allylic oxidation sites excluding steroid dienone is 3. The van der Waals surface area contributed by atoms with Gasteiger partial charge in [-0.1, -0.05) is 6.07 Å². The van der Waals surface area contributed by atoms with Gasteiger partial charge in [-0.05, 0) is 56.2 Å². The van der Waals surface area contributed by atoms with Crippen molar-refractivity contribution in [2.45, 2.75) is 32.1 Å². The molecule has 0 spiro atoms. The molecule has 0 unspecified atom stereocenters. The van der Waals surface area contributed by atoms with Crippen LogP contribution < -0.4 is 20.1 Å². The van der Waals surface area contributed by atoms with Crippen molar-refractivity contribution in [1.82, 2.24) is 5.32 Å². The van der Waals surface area contributed by atoms with Gasteiger partial charge in [-0.15, -0.1) is 0 Å². The van der Waals surface area contributed by atoms with Crippen molar-refractivity contribution in [3.8, 4) is 11.5 Å². The van der Waals surface area contributed by atoms with Gasteiger partial charge in [0.15, 0.2) is 5.78 Å². The second-order valence-electron chi connectivity index (χ2n) is 7.84. The van der Waals surface area contributed by atoms with Crippen LogP contribution in [0.5, 0.6) is 11.5 Å². The number of Topliss-reactive ketones (excluding diaryl/α,β-unsaturated/α-hetero) is 1. The van der Waals surface area contributed by atoms with Gasteiger partial charge in [0, 0.05) is 40.2 Å². The van der Waals surface area contributed by atoms with E-state index in [9.17, 15) is 14.0 Å². The van der Waals surface area contributed by atoms with Crippen molar-refractivity contribution in [2.75, 3.05) is 19.5 Å². The Hall–Kier alpha value is -3.61. The molecular weight excluding hydrogens is 411 g/mol. The molecule has 2 aromatic rings. The summed E-state index contributed by atoms with van der Waals surface area (Å²) in [6.07, 6.45) is 1.89. The number of nitrogens with one attached hydrogen (secondary N) is 2. The zero-order valence-corrected chi connectivity index (χ0v) is 18.3. The van der Waals surface area contributed by atoms with E-state index in [0.717, 1.165) is 18.5 Å². The van der Waals surface area contributed by atoms with E-state index in [1.54, 1.807) is 38.5 Å². The minimum atomic E-state index is -0.641. The van der Waals surface area contributed by atoms with Crippen molar-refractivity contribution in [2.24, 2.45) is 0 Å². The van der Waals surface area contributed by atoms with Crippen molar-refractivity contribution in [1.29, 1.82) is 0 Å². The van der Waals surface area contributed by atoms with Crippen molar-refractivity contribution < 1.29 is 23.5 Å². The van der Waals surface area contributed by atoms with Crippen LogP contribution in [-0.4, -0.2) is 25.9 Å². The predicted molar refractivity (Wildman–Crippen MR) is 119 cm³/mol. The van der Waals surface area contributed by atoms with Crippen LogP contribution in [0.15, 0.2) is 65.0 Å². The molecular formula is C25H25FN2O4. The van der Waals surface area contributed by atoms with E-state index in [2.05, 4.69) is 10.6 Å². The fourth-order valence-electron chi connectivity index (χ4n) is 4.42. The highest BCUT2D eigenvalue weighted by molar-refractivity contribution is 6.10. The summed E-state index contributed by atoms with van der Waals surface area (Å²) in [5.74, 6) is -0.372. The van der Waals surface area contributed by atoms with Crippen LogP contribution >= 0.6 is 0 Å². The number of rotatable bonds is 5. The smallest absolute Gasteiger partial charge is 0.254 e. The zero-order chi connectivity index (χ0) is 22.8. The van der Waals surface area contributed by atoms with Gasteiger partial charge < -0.3 is 20.1 Å². The Morgan fingerprint density at radius 2 is 1.94 bits per heavy atom. The standard InChI is InChI=1S/C25H25FN2O4/c1-14-22(25(30)28-16-7-4-6-15(26)12-16)23(24-19(27-14)8-5-9-20(24)29)18-13-17(31-2)10-11-21(18)32-3/h4,6-7,10-13,23,27H,5,8-9H2,1-3H3,(H,28,30)/t23-/m0/s1.